The fourth-order valence-electron chi connectivity index (χ4n) is 0.433. The van der Waals surface area contributed by atoms with Crippen molar-refractivity contribution in [1.29, 1.82) is 0 Å². The van der Waals surface area contributed by atoms with Crippen LogP contribution >= 0.6 is 0 Å². The summed E-state index contributed by atoms with van der Waals surface area (Å²) in [6, 6.07) is 0. The van der Waals surface area contributed by atoms with E-state index in [2.05, 4.69) is 13.2 Å². The highest BCUT2D eigenvalue weighted by Gasteiger charge is 1.94. The topological polar surface area (TPSA) is 20.2 Å². The molecule has 9 heavy (non-hydrogen) atoms. The second-order valence-corrected chi connectivity index (χ2v) is 2.02. The third-order valence-electron chi connectivity index (χ3n) is 1.08. The van der Waals surface area contributed by atoms with E-state index >= 15 is 0 Å². The van der Waals surface area contributed by atoms with Gasteiger partial charge < -0.3 is 5.11 Å². The maximum absolute atomic E-state index is 9.10. The average Bonchev–Trinajstić information content (AvgIpc) is 1.84. The van der Waals surface area contributed by atoms with Gasteiger partial charge >= 0.3 is 0 Å². The molecule has 0 aromatic rings. The number of allylic oxidation sites excluding steroid dienone is 3. The van der Waals surface area contributed by atoms with Gasteiger partial charge in [0.2, 0.25) is 0 Å². The van der Waals surface area contributed by atoms with Crippen molar-refractivity contribution < 1.29 is 5.11 Å². The van der Waals surface area contributed by atoms with Crippen molar-refractivity contribution in [3.8, 4) is 0 Å². The molecule has 0 bridgehead atoms. The van der Waals surface area contributed by atoms with Crippen molar-refractivity contribution in [2.24, 2.45) is 0 Å². The Hall–Kier alpha value is -0.980. The molecule has 0 aliphatic heterocycles. The molecule has 0 amide bonds. The molecule has 0 saturated carbocycles. The maximum atomic E-state index is 9.10. The molecule has 1 heteroatoms. The Kier molecular flexibility index (Phi) is 2.79. The van der Waals surface area contributed by atoms with Crippen molar-refractivity contribution >= 4 is 0 Å². The third-order valence-corrected chi connectivity index (χ3v) is 1.08. The third kappa shape index (κ3) is 2.17. The zero-order valence-corrected chi connectivity index (χ0v) is 5.94. The number of hydrogen-bond donors (Lipinski definition) is 1. The van der Waals surface area contributed by atoms with Gasteiger partial charge in [-0.05, 0) is 25.0 Å². The predicted molar refractivity (Wildman–Crippen MR) is 40.3 cm³/mol. The Morgan fingerprint density at radius 3 is 2.00 bits per heavy atom. The second-order valence-electron chi connectivity index (χ2n) is 2.02. The van der Waals surface area contributed by atoms with Crippen LogP contribution in [0, 0.1) is 0 Å². The Bertz CT molecular complexity index is 163. The summed E-state index contributed by atoms with van der Waals surface area (Å²) in [5, 5.41) is 9.10. The van der Waals surface area contributed by atoms with Gasteiger partial charge in [0.05, 0.1) is 0 Å². The summed E-state index contributed by atoms with van der Waals surface area (Å²) in [6.07, 6.45) is 1.60. The lowest BCUT2D eigenvalue weighted by Crippen LogP contribution is -1.84. The van der Waals surface area contributed by atoms with Gasteiger partial charge in [-0.15, -0.1) is 0 Å². The Morgan fingerprint density at radius 1 is 1.44 bits per heavy atom. The minimum atomic E-state index is 0.241. The predicted octanol–water partition coefficient (Wildman–Crippen LogP) is 2.58. The largest absolute Gasteiger partial charge is 0.507 e. The highest BCUT2D eigenvalue weighted by Crippen LogP contribution is 2.08. The summed E-state index contributed by atoms with van der Waals surface area (Å²) in [5.74, 6) is 0.241. The average molecular weight is 124 g/mol. The van der Waals surface area contributed by atoms with Gasteiger partial charge in [-0.1, -0.05) is 19.2 Å². The van der Waals surface area contributed by atoms with Crippen LogP contribution in [0.4, 0.5) is 0 Å². The van der Waals surface area contributed by atoms with Crippen LogP contribution < -0.4 is 0 Å². The molecule has 0 radical (unpaired) electrons. The highest BCUT2D eigenvalue weighted by molar-refractivity contribution is 5.29. The van der Waals surface area contributed by atoms with Crippen molar-refractivity contribution in [3.05, 3.63) is 36.1 Å². The van der Waals surface area contributed by atoms with Crippen molar-refractivity contribution in [3.63, 3.8) is 0 Å². The minimum Gasteiger partial charge on any atom is -0.507 e. The van der Waals surface area contributed by atoms with Gasteiger partial charge in [0, 0.05) is 0 Å². The quantitative estimate of drug-likeness (QED) is 0.443. The van der Waals surface area contributed by atoms with Gasteiger partial charge in [-0.3, -0.25) is 0 Å². The standard InChI is InChI=1S/C8H12O/c1-5-7(4)8(9)6(2)3/h5,9H,1-2H2,3-4H3/b8-7+. The van der Waals surface area contributed by atoms with E-state index in [0.717, 1.165) is 5.57 Å². The Balaban J connectivity index is 4.47. The molecular formula is C8H12O. The first-order chi connectivity index (χ1) is 4.09. The number of aliphatic hydroxyl groups is 1. The zero-order chi connectivity index (χ0) is 7.44. The van der Waals surface area contributed by atoms with E-state index in [0.29, 0.717) is 5.57 Å². The normalized spacial score (nSPS) is 12.2. The lowest BCUT2D eigenvalue weighted by atomic mass is 10.2. The monoisotopic (exact) mass is 124 g/mol. The molecular weight excluding hydrogens is 112 g/mol. The molecule has 50 valence electrons. The summed E-state index contributed by atoms with van der Waals surface area (Å²) in [5.41, 5.74) is 1.44. The van der Waals surface area contributed by atoms with Crippen LogP contribution in [-0.4, -0.2) is 5.11 Å². The fraction of sp³-hybridized carbons (Fsp3) is 0.250. The number of hydrogen-bond acceptors (Lipinski definition) is 1. The van der Waals surface area contributed by atoms with Crippen LogP contribution in [0.5, 0.6) is 0 Å². The van der Waals surface area contributed by atoms with E-state index in [-0.39, 0.29) is 5.76 Å². The molecule has 0 unspecified atom stereocenters. The number of rotatable bonds is 2. The van der Waals surface area contributed by atoms with E-state index in [1.165, 1.54) is 0 Å². The van der Waals surface area contributed by atoms with Crippen molar-refractivity contribution in [1.82, 2.24) is 0 Å². The molecule has 0 rings (SSSR count). The van der Waals surface area contributed by atoms with E-state index in [9.17, 15) is 0 Å². The van der Waals surface area contributed by atoms with Gasteiger partial charge in [0.15, 0.2) is 0 Å². The first kappa shape index (κ1) is 8.02. The van der Waals surface area contributed by atoms with E-state index in [1.54, 1.807) is 19.9 Å². The smallest absolute Gasteiger partial charge is 0.120 e. The van der Waals surface area contributed by atoms with Crippen LogP contribution in [0.1, 0.15) is 13.8 Å². The molecule has 0 aliphatic rings. The van der Waals surface area contributed by atoms with Crippen LogP contribution in [0.25, 0.3) is 0 Å². The van der Waals surface area contributed by atoms with Crippen molar-refractivity contribution in [2.45, 2.75) is 13.8 Å². The maximum Gasteiger partial charge on any atom is 0.120 e. The van der Waals surface area contributed by atoms with Gasteiger partial charge in [0.1, 0.15) is 5.76 Å². The summed E-state index contributed by atoms with van der Waals surface area (Å²) >= 11 is 0. The molecule has 0 aromatic carbocycles. The van der Waals surface area contributed by atoms with Crippen molar-refractivity contribution in [2.75, 3.05) is 0 Å². The first-order valence-corrected chi connectivity index (χ1v) is 2.77. The summed E-state index contributed by atoms with van der Waals surface area (Å²) < 4.78 is 0. The first-order valence-electron chi connectivity index (χ1n) is 2.77. The molecule has 0 heterocycles. The summed E-state index contributed by atoms with van der Waals surface area (Å²) in [7, 11) is 0. The Labute approximate surface area is 56.0 Å². The highest BCUT2D eigenvalue weighted by atomic mass is 16.3. The molecule has 0 saturated heterocycles. The van der Waals surface area contributed by atoms with Gasteiger partial charge in [0.25, 0.3) is 0 Å². The van der Waals surface area contributed by atoms with Crippen LogP contribution in [0.3, 0.4) is 0 Å². The fourth-order valence-corrected chi connectivity index (χ4v) is 0.433. The summed E-state index contributed by atoms with van der Waals surface area (Å²) in [6.45, 7) is 10.6. The van der Waals surface area contributed by atoms with E-state index in [1.807, 2.05) is 0 Å². The minimum absolute atomic E-state index is 0.241. The number of aliphatic hydroxyl groups excluding tert-OH is 1. The van der Waals surface area contributed by atoms with Crippen LogP contribution in [0.2, 0.25) is 0 Å². The molecule has 1 nitrogen and oxygen atoms in total. The second kappa shape index (κ2) is 3.13. The summed E-state index contributed by atoms with van der Waals surface area (Å²) in [4.78, 5) is 0. The lowest BCUT2D eigenvalue weighted by molar-refractivity contribution is 0.419. The molecule has 0 aliphatic carbocycles. The molecule has 0 aromatic heterocycles. The molecule has 0 fully saturated rings. The molecule has 0 spiro atoms. The van der Waals surface area contributed by atoms with E-state index in [4.69, 9.17) is 5.11 Å². The molecule has 1 N–H and O–H groups in total. The van der Waals surface area contributed by atoms with Crippen LogP contribution in [-0.2, 0) is 0 Å². The zero-order valence-electron chi connectivity index (χ0n) is 5.94. The Morgan fingerprint density at radius 2 is 1.89 bits per heavy atom. The van der Waals surface area contributed by atoms with Gasteiger partial charge in [-0.25, -0.2) is 0 Å². The molecule has 0 atom stereocenters. The SMILES string of the molecule is C=C/C(C)=C(/O)C(=C)C. The lowest BCUT2D eigenvalue weighted by Gasteiger charge is -1.98. The van der Waals surface area contributed by atoms with Gasteiger partial charge in [-0.2, -0.15) is 0 Å². The van der Waals surface area contributed by atoms with Crippen LogP contribution in [0.15, 0.2) is 36.1 Å². The van der Waals surface area contributed by atoms with E-state index < -0.39 is 0 Å².